The number of imide groups is 1. The molecule has 0 aromatic heterocycles. The van der Waals surface area contributed by atoms with E-state index in [2.05, 4.69) is 63.3 Å². The third-order valence-corrected chi connectivity index (χ3v) is 12.4. The molecule has 4 aliphatic heterocycles. The van der Waals surface area contributed by atoms with E-state index in [0.29, 0.717) is 42.0 Å². The average molecular weight is 690 g/mol. The quantitative estimate of drug-likeness (QED) is 0.294. The van der Waals surface area contributed by atoms with Gasteiger partial charge in [0.1, 0.15) is 11.8 Å². The van der Waals surface area contributed by atoms with Gasteiger partial charge in [0.05, 0.1) is 0 Å². The number of hydrogen-bond donors (Lipinski definition) is 2. The predicted octanol–water partition coefficient (Wildman–Crippen LogP) is 5.69. The number of nitrogens with zero attached hydrogens (tertiary/aromatic N) is 4. The summed E-state index contributed by atoms with van der Waals surface area (Å²) in [7, 11) is 0. The zero-order valence-electron chi connectivity index (χ0n) is 29.9. The first kappa shape index (κ1) is 33.8. The number of nitrogens with one attached hydrogen (secondary N) is 1. The molecule has 1 aliphatic carbocycles. The van der Waals surface area contributed by atoms with Crippen molar-refractivity contribution in [3.8, 4) is 5.75 Å². The van der Waals surface area contributed by atoms with E-state index in [9.17, 15) is 19.5 Å². The molecule has 0 spiro atoms. The Balaban J connectivity index is 0.822. The molecule has 8 rings (SSSR count). The van der Waals surface area contributed by atoms with Gasteiger partial charge in [-0.3, -0.25) is 24.6 Å². The minimum absolute atomic E-state index is 0.118. The Morgan fingerprint density at radius 2 is 1.51 bits per heavy atom. The van der Waals surface area contributed by atoms with Crippen molar-refractivity contribution in [2.45, 2.75) is 76.8 Å². The number of aryl methyl sites for hydroxylation is 1. The van der Waals surface area contributed by atoms with Gasteiger partial charge in [-0.25, -0.2) is 0 Å². The number of piperazine rings is 1. The average Bonchev–Trinajstić information content (AvgIpc) is 3.47. The summed E-state index contributed by atoms with van der Waals surface area (Å²) < 4.78 is 0. The highest BCUT2D eigenvalue weighted by Crippen LogP contribution is 2.44. The molecule has 51 heavy (non-hydrogen) atoms. The maximum atomic E-state index is 13.1. The van der Waals surface area contributed by atoms with Crippen LogP contribution in [0.15, 0.2) is 60.7 Å². The van der Waals surface area contributed by atoms with Crippen molar-refractivity contribution in [3.05, 3.63) is 88.5 Å². The standard InChI is InChI=1S/C42H51N5O4/c1-2-3-29-4-5-31-25-35(48)11-13-36(31)40(29)30-6-8-33(9-7-30)45-18-16-28(17-19-45)26-44-20-22-46(23-21-44)34-10-12-37-32(24-34)27-47(42(37)51)38-14-15-39(49)43-41(38)50/h6-13,24-25,28-29,38,40,48H,2-5,14-23,26-27H2,1H3,(H,43,49,50)/t29-,38?,40+/m1/s1. The Labute approximate surface area is 301 Å². The van der Waals surface area contributed by atoms with Gasteiger partial charge in [0.2, 0.25) is 11.8 Å². The number of carbonyl (C=O) groups is 3. The van der Waals surface area contributed by atoms with Gasteiger partial charge in [-0.15, -0.1) is 0 Å². The van der Waals surface area contributed by atoms with E-state index in [4.69, 9.17) is 0 Å². The number of anilines is 2. The van der Waals surface area contributed by atoms with Gasteiger partial charge in [-0.2, -0.15) is 0 Å². The van der Waals surface area contributed by atoms with Crippen LogP contribution in [0, 0.1) is 11.8 Å². The summed E-state index contributed by atoms with van der Waals surface area (Å²) in [5.74, 6) is 1.38. The number of rotatable bonds is 8. The van der Waals surface area contributed by atoms with Gasteiger partial charge in [0.25, 0.3) is 5.91 Å². The van der Waals surface area contributed by atoms with Crippen LogP contribution in [-0.4, -0.2) is 84.5 Å². The van der Waals surface area contributed by atoms with Crippen LogP contribution >= 0.6 is 0 Å². The fourth-order valence-corrected chi connectivity index (χ4v) is 9.58. The number of fused-ring (bicyclic) bond motifs is 2. The number of aromatic hydroxyl groups is 1. The number of carbonyl (C=O) groups excluding carboxylic acids is 3. The van der Waals surface area contributed by atoms with Gasteiger partial charge >= 0.3 is 0 Å². The van der Waals surface area contributed by atoms with E-state index in [1.807, 2.05) is 24.3 Å². The van der Waals surface area contributed by atoms with Crippen molar-refractivity contribution < 1.29 is 19.5 Å². The molecule has 3 aromatic carbocycles. The van der Waals surface area contributed by atoms with Crippen molar-refractivity contribution in [1.29, 1.82) is 0 Å². The molecular formula is C42H51N5O4. The third kappa shape index (κ3) is 6.85. The van der Waals surface area contributed by atoms with Gasteiger partial charge in [-0.1, -0.05) is 31.5 Å². The molecule has 3 atom stereocenters. The second-order valence-corrected chi connectivity index (χ2v) is 15.5. The zero-order valence-corrected chi connectivity index (χ0v) is 29.9. The van der Waals surface area contributed by atoms with Crippen LogP contribution in [0.2, 0.25) is 0 Å². The van der Waals surface area contributed by atoms with Crippen LogP contribution in [0.3, 0.4) is 0 Å². The van der Waals surface area contributed by atoms with Crippen molar-refractivity contribution in [2.24, 2.45) is 11.8 Å². The van der Waals surface area contributed by atoms with E-state index < -0.39 is 6.04 Å². The Hall–Kier alpha value is -4.37. The summed E-state index contributed by atoms with van der Waals surface area (Å²) in [4.78, 5) is 46.4. The molecule has 3 amide bonds. The molecule has 2 N–H and O–H groups in total. The van der Waals surface area contributed by atoms with Crippen molar-refractivity contribution in [1.82, 2.24) is 15.1 Å². The Morgan fingerprint density at radius 1 is 0.765 bits per heavy atom. The Bertz CT molecular complexity index is 1780. The van der Waals surface area contributed by atoms with Crippen LogP contribution in [0.5, 0.6) is 5.75 Å². The smallest absolute Gasteiger partial charge is 0.255 e. The molecule has 268 valence electrons. The maximum absolute atomic E-state index is 13.1. The van der Waals surface area contributed by atoms with Crippen LogP contribution < -0.4 is 15.1 Å². The Morgan fingerprint density at radius 3 is 2.25 bits per heavy atom. The van der Waals surface area contributed by atoms with Crippen LogP contribution in [0.1, 0.15) is 90.4 Å². The largest absolute Gasteiger partial charge is 0.508 e. The summed E-state index contributed by atoms with van der Waals surface area (Å²) in [6, 6.07) is 20.9. The summed E-state index contributed by atoms with van der Waals surface area (Å²) >= 11 is 0. The molecular weight excluding hydrogens is 638 g/mol. The van der Waals surface area contributed by atoms with Crippen molar-refractivity contribution >= 4 is 29.1 Å². The summed E-state index contributed by atoms with van der Waals surface area (Å²) in [6.07, 6.45) is 7.74. The van der Waals surface area contributed by atoms with Crippen LogP contribution in [0.4, 0.5) is 11.4 Å². The normalized spacial score (nSPS) is 24.5. The monoisotopic (exact) mass is 689 g/mol. The molecule has 9 nitrogen and oxygen atoms in total. The minimum Gasteiger partial charge on any atom is -0.508 e. The molecule has 0 saturated carbocycles. The lowest BCUT2D eigenvalue weighted by molar-refractivity contribution is -0.136. The number of hydrogen-bond acceptors (Lipinski definition) is 7. The topological polar surface area (TPSA) is 96.4 Å². The molecule has 1 unspecified atom stereocenters. The maximum Gasteiger partial charge on any atom is 0.255 e. The fraction of sp³-hybridized carbons (Fsp3) is 0.500. The van der Waals surface area contributed by atoms with Crippen LogP contribution in [-0.2, 0) is 22.6 Å². The van der Waals surface area contributed by atoms with E-state index >= 15 is 0 Å². The molecule has 5 aliphatic rings. The lowest BCUT2D eigenvalue weighted by Gasteiger charge is -2.40. The van der Waals surface area contributed by atoms with Gasteiger partial charge < -0.3 is 19.8 Å². The van der Waals surface area contributed by atoms with Gasteiger partial charge in [0.15, 0.2) is 0 Å². The Kier molecular flexibility index (Phi) is 9.49. The lowest BCUT2D eigenvalue weighted by atomic mass is 9.70. The summed E-state index contributed by atoms with van der Waals surface area (Å²) in [5.41, 5.74) is 8.21. The molecule has 3 saturated heterocycles. The van der Waals surface area contributed by atoms with Gasteiger partial charge in [0, 0.05) is 81.6 Å². The van der Waals surface area contributed by atoms with E-state index in [1.165, 1.54) is 54.5 Å². The number of amides is 3. The number of phenols is 1. The van der Waals surface area contributed by atoms with Crippen molar-refractivity contribution in [2.75, 3.05) is 55.6 Å². The second kappa shape index (κ2) is 14.3. The first-order valence-corrected chi connectivity index (χ1v) is 19.3. The highest BCUT2D eigenvalue weighted by molar-refractivity contribution is 6.05. The van der Waals surface area contributed by atoms with Gasteiger partial charge in [-0.05, 0) is 115 Å². The minimum atomic E-state index is -0.581. The number of phenolic OH excluding ortho intramolecular Hbond substituents is 1. The zero-order chi connectivity index (χ0) is 35.1. The molecule has 9 heteroatoms. The SMILES string of the molecule is CCC[C@@H]1CCc2cc(O)ccc2[C@@H]1c1ccc(N2CCC(CN3CCN(c4ccc5c(c4)CN(C4CCC(=O)NC4=O)C5=O)CC3)CC2)cc1. The number of benzene rings is 3. The molecule has 3 aromatic rings. The van der Waals surface area contributed by atoms with E-state index in [-0.39, 0.29) is 24.1 Å². The first-order chi connectivity index (χ1) is 24.8. The third-order valence-electron chi connectivity index (χ3n) is 12.4. The second-order valence-electron chi connectivity index (χ2n) is 15.5. The number of piperidine rings is 2. The van der Waals surface area contributed by atoms with Crippen molar-refractivity contribution in [3.63, 3.8) is 0 Å². The molecule has 4 heterocycles. The van der Waals surface area contributed by atoms with Crippen LogP contribution in [0.25, 0.3) is 0 Å². The highest BCUT2D eigenvalue weighted by atomic mass is 16.3. The highest BCUT2D eigenvalue weighted by Gasteiger charge is 2.39. The summed E-state index contributed by atoms with van der Waals surface area (Å²) in [5, 5.41) is 12.5. The first-order valence-electron chi connectivity index (χ1n) is 19.3. The van der Waals surface area contributed by atoms with E-state index in [0.717, 1.165) is 63.5 Å². The summed E-state index contributed by atoms with van der Waals surface area (Å²) in [6.45, 7) is 10.0. The fourth-order valence-electron chi connectivity index (χ4n) is 9.58. The molecule has 3 fully saturated rings. The van der Waals surface area contributed by atoms with E-state index in [1.54, 1.807) is 4.90 Å². The predicted molar refractivity (Wildman–Crippen MR) is 199 cm³/mol. The lowest BCUT2D eigenvalue weighted by Crippen LogP contribution is -2.52. The molecule has 0 radical (unpaired) electrons. The molecule has 0 bridgehead atoms.